The average Bonchev–Trinajstić information content (AvgIpc) is 3.35. The minimum absolute atomic E-state index is 0.0441. The van der Waals surface area contributed by atoms with E-state index in [1.54, 1.807) is 0 Å². The summed E-state index contributed by atoms with van der Waals surface area (Å²) in [6.07, 6.45) is 2.15. The van der Waals surface area contributed by atoms with E-state index in [1.165, 1.54) is 0 Å². The van der Waals surface area contributed by atoms with Crippen molar-refractivity contribution in [3.8, 4) is 0 Å². The Hall–Kier alpha value is -1.86. The Bertz CT molecular complexity index is 682. The number of amides is 2. The summed E-state index contributed by atoms with van der Waals surface area (Å²) in [5, 5.41) is 2.76. The monoisotopic (exact) mass is 358 g/mol. The third kappa shape index (κ3) is 3.94. The van der Waals surface area contributed by atoms with Crippen LogP contribution in [0.4, 0.5) is 0 Å². The molecule has 1 atom stereocenters. The van der Waals surface area contributed by atoms with E-state index in [0.717, 1.165) is 23.9 Å². The van der Waals surface area contributed by atoms with Gasteiger partial charge in [-0.15, -0.1) is 0 Å². The van der Waals surface area contributed by atoms with Gasteiger partial charge >= 0.3 is 7.12 Å². The third-order valence-electron chi connectivity index (χ3n) is 5.55. The predicted octanol–water partition coefficient (Wildman–Crippen LogP) is 0.908. The fraction of sp³-hybridized carbons (Fsp3) is 0.579. The molecule has 2 aliphatic rings. The molecule has 0 unspecified atom stereocenters. The van der Waals surface area contributed by atoms with E-state index in [-0.39, 0.29) is 23.0 Å². The first kappa shape index (κ1) is 18.9. The number of nitrogens with two attached hydrogens (primary N) is 1. The lowest BCUT2D eigenvalue weighted by molar-refractivity contribution is -0.128. The van der Waals surface area contributed by atoms with Gasteiger partial charge in [-0.05, 0) is 51.6 Å². The smallest absolute Gasteiger partial charge is 0.399 e. The van der Waals surface area contributed by atoms with Crippen molar-refractivity contribution in [1.29, 1.82) is 0 Å². The molecule has 6 nitrogen and oxygen atoms in total. The molecule has 0 spiro atoms. The first-order valence-electron chi connectivity index (χ1n) is 9.13. The van der Waals surface area contributed by atoms with Crippen LogP contribution in [0.5, 0.6) is 0 Å². The maximum absolute atomic E-state index is 11.9. The fourth-order valence-corrected chi connectivity index (χ4v) is 2.88. The molecule has 3 N–H and O–H groups in total. The maximum atomic E-state index is 11.9. The Kier molecular flexibility index (Phi) is 4.88. The van der Waals surface area contributed by atoms with Crippen LogP contribution in [0.15, 0.2) is 24.3 Å². The molecule has 2 amide bonds. The number of carbonyl (C=O) groups excluding carboxylic acids is 2. The molecule has 1 aromatic rings. The molecule has 0 radical (unpaired) electrons. The number of rotatable bonds is 6. The van der Waals surface area contributed by atoms with E-state index >= 15 is 0 Å². The molecule has 26 heavy (non-hydrogen) atoms. The molecular formula is C19H27BN2O4. The number of hydrogen-bond acceptors (Lipinski definition) is 4. The molecule has 140 valence electrons. The van der Waals surface area contributed by atoms with Gasteiger partial charge < -0.3 is 20.4 Å². The highest BCUT2D eigenvalue weighted by atomic mass is 16.7. The SMILES string of the molecule is CC1(C)OB(c2ccc(C[C@H](NC(=O)C3CC3)C(N)=O)cc2)OC1(C)C. The minimum Gasteiger partial charge on any atom is -0.399 e. The van der Waals surface area contributed by atoms with Gasteiger partial charge in [0.25, 0.3) is 0 Å². The molecule has 1 heterocycles. The molecule has 1 aromatic carbocycles. The molecule has 0 bridgehead atoms. The average molecular weight is 358 g/mol. The molecule has 1 saturated heterocycles. The van der Waals surface area contributed by atoms with Gasteiger partial charge in [0.15, 0.2) is 0 Å². The Labute approximate surface area is 154 Å². The quantitative estimate of drug-likeness (QED) is 0.740. The van der Waals surface area contributed by atoms with Crippen molar-refractivity contribution in [2.75, 3.05) is 0 Å². The summed E-state index contributed by atoms with van der Waals surface area (Å²) in [7, 11) is -0.421. The van der Waals surface area contributed by atoms with Crippen LogP contribution in [-0.4, -0.2) is 36.2 Å². The number of nitrogens with one attached hydrogen (secondary N) is 1. The van der Waals surface area contributed by atoms with E-state index < -0.39 is 19.1 Å². The van der Waals surface area contributed by atoms with E-state index in [1.807, 2.05) is 52.0 Å². The second-order valence-electron chi connectivity index (χ2n) is 8.27. The van der Waals surface area contributed by atoms with E-state index in [2.05, 4.69) is 5.32 Å². The van der Waals surface area contributed by atoms with Crippen LogP contribution in [0, 0.1) is 5.92 Å². The topological polar surface area (TPSA) is 90.6 Å². The molecule has 3 rings (SSSR count). The Morgan fingerprint density at radius 2 is 1.69 bits per heavy atom. The summed E-state index contributed by atoms with van der Waals surface area (Å²) in [4.78, 5) is 23.6. The predicted molar refractivity (Wildman–Crippen MR) is 99.7 cm³/mol. The van der Waals surface area contributed by atoms with Crippen LogP contribution in [0.1, 0.15) is 46.1 Å². The highest BCUT2D eigenvalue weighted by Gasteiger charge is 2.51. The molecular weight excluding hydrogens is 331 g/mol. The van der Waals surface area contributed by atoms with Gasteiger partial charge in [0.1, 0.15) is 6.04 Å². The molecule has 2 fully saturated rings. The van der Waals surface area contributed by atoms with Gasteiger partial charge in [-0.3, -0.25) is 9.59 Å². The molecule has 0 aromatic heterocycles. The van der Waals surface area contributed by atoms with Crippen molar-refractivity contribution in [3.05, 3.63) is 29.8 Å². The summed E-state index contributed by atoms with van der Waals surface area (Å²) in [5.41, 5.74) is 6.51. The van der Waals surface area contributed by atoms with Gasteiger partial charge in [-0.2, -0.15) is 0 Å². The van der Waals surface area contributed by atoms with Gasteiger partial charge in [0.2, 0.25) is 11.8 Å². The zero-order valence-corrected chi connectivity index (χ0v) is 15.9. The van der Waals surface area contributed by atoms with Crippen LogP contribution in [0.3, 0.4) is 0 Å². The van der Waals surface area contributed by atoms with Gasteiger partial charge in [0.05, 0.1) is 11.2 Å². The highest BCUT2D eigenvalue weighted by molar-refractivity contribution is 6.62. The van der Waals surface area contributed by atoms with Gasteiger partial charge in [0, 0.05) is 12.3 Å². The maximum Gasteiger partial charge on any atom is 0.494 e. The molecule has 1 aliphatic heterocycles. The van der Waals surface area contributed by atoms with Crippen LogP contribution < -0.4 is 16.5 Å². The Morgan fingerprint density at radius 3 is 2.15 bits per heavy atom. The number of carbonyl (C=O) groups is 2. The fourth-order valence-electron chi connectivity index (χ4n) is 2.88. The molecule has 1 aliphatic carbocycles. The number of primary amides is 1. The standard InChI is InChI=1S/C19H27BN2O4/c1-18(2)19(3,4)26-20(25-18)14-9-5-12(6-10-14)11-15(16(21)23)22-17(24)13-7-8-13/h5-6,9-10,13,15H,7-8,11H2,1-4H3,(H2,21,23)(H,22,24)/t15-/m0/s1. The lowest BCUT2D eigenvalue weighted by Gasteiger charge is -2.32. The largest absolute Gasteiger partial charge is 0.494 e. The number of benzene rings is 1. The van der Waals surface area contributed by atoms with Crippen LogP contribution in [0.25, 0.3) is 0 Å². The van der Waals surface area contributed by atoms with Crippen molar-refractivity contribution in [2.45, 2.75) is 64.2 Å². The Morgan fingerprint density at radius 1 is 1.15 bits per heavy atom. The highest BCUT2D eigenvalue weighted by Crippen LogP contribution is 2.36. The Balaban J connectivity index is 1.65. The van der Waals surface area contributed by atoms with Crippen LogP contribution in [0.2, 0.25) is 0 Å². The summed E-state index contributed by atoms with van der Waals surface area (Å²) >= 11 is 0. The lowest BCUT2D eigenvalue weighted by Crippen LogP contribution is -2.46. The molecule has 7 heteroatoms. The second kappa shape index (κ2) is 6.70. The van der Waals surface area contributed by atoms with Crippen molar-refractivity contribution in [1.82, 2.24) is 5.32 Å². The van der Waals surface area contributed by atoms with Crippen molar-refractivity contribution >= 4 is 24.4 Å². The summed E-state index contributed by atoms with van der Waals surface area (Å²) < 4.78 is 12.1. The number of hydrogen-bond donors (Lipinski definition) is 2. The summed E-state index contributed by atoms with van der Waals surface area (Å²) in [5.74, 6) is -0.556. The van der Waals surface area contributed by atoms with Crippen molar-refractivity contribution < 1.29 is 18.9 Å². The first-order valence-corrected chi connectivity index (χ1v) is 9.13. The van der Waals surface area contributed by atoms with E-state index in [9.17, 15) is 9.59 Å². The van der Waals surface area contributed by atoms with Crippen LogP contribution in [-0.2, 0) is 25.3 Å². The van der Waals surface area contributed by atoms with E-state index in [4.69, 9.17) is 15.0 Å². The second-order valence-corrected chi connectivity index (χ2v) is 8.27. The van der Waals surface area contributed by atoms with Gasteiger partial charge in [-0.25, -0.2) is 0 Å². The van der Waals surface area contributed by atoms with Crippen molar-refractivity contribution in [3.63, 3.8) is 0 Å². The summed E-state index contributed by atoms with van der Waals surface area (Å²) in [6, 6.07) is 7.00. The third-order valence-corrected chi connectivity index (χ3v) is 5.55. The van der Waals surface area contributed by atoms with E-state index in [0.29, 0.717) is 6.42 Å². The van der Waals surface area contributed by atoms with Crippen molar-refractivity contribution in [2.24, 2.45) is 11.7 Å². The minimum atomic E-state index is -0.689. The van der Waals surface area contributed by atoms with Crippen LogP contribution >= 0.6 is 0 Å². The van der Waals surface area contributed by atoms with Gasteiger partial charge in [-0.1, -0.05) is 24.3 Å². The lowest BCUT2D eigenvalue weighted by atomic mass is 9.78. The first-order chi connectivity index (χ1) is 12.1. The normalized spacial score (nSPS) is 22.1. The summed E-state index contributed by atoms with van der Waals surface area (Å²) in [6.45, 7) is 8.06. The zero-order chi connectivity index (χ0) is 19.1. The molecule has 1 saturated carbocycles. The zero-order valence-electron chi connectivity index (χ0n) is 15.9.